The van der Waals surface area contributed by atoms with Crippen LogP contribution >= 0.6 is 0 Å². The lowest BCUT2D eigenvalue weighted by Gasteiger charge is -2.40. The molecule has 1 aromatic carbocycles. The number of rotatable bonds is 4. The van der Waals surface area contributed by atoms with Gasteiger partial charge in [-0.05, 0) is 38.7 Å². The zero-order valence-electron chi connectivity index (χ0n) is 14.5. The number of ether oxygens (including phenoxy) is 1. The largest absolute Gasteiger partial charge is 0.379 e. The molecule has 128 valence electrons. The van der Waals surface area contributed by atoms with E-state index in [-0.39, 0.29) is 18.1 Å². The number of piperidine rings is 1. The number of hydrogen-bond donors (Lipinski definition) is 0. The topological polar surface area (TPSA) is 55.6 Å². The van der Waals surface area contributed by atoms with Crippen molar-refractivity contribution in [3.8, 4) is 0 Å². The van der Waals surface area contributed by atoms with Gasteiger partial charge in [0.1, 0.15) is 11.3 Å². The minimum absolute atomic E-state index is 0.00562. The van der Waals surface area contributed by atoms with E-state index >= 15 is 0 Å². The Morgan fingerprint density at radius 3 is 2.71 bits per heavy atom. The Balaban J connectivity index is 1.89. The SMILES string of the molecule is CO[C@H]1CCCN(C(=O)c2c(C)noc2C)[C@H]1Cc1ccccc1. The average Bonchev–Trinajstić information content (AvgIpc) is 2.94. The van der Waals surface area contributed by atoms with E-state index in [4.69, 9.17) is 9.26 Å². The fourth-order valence-corrected chi connectivity index (χ4v) is 3.58. The van der Waals surface area contributed by atoms with Crippen LogP contribution in [-0.4, -0.2) is 41.8 Å². The van der Waals surface area contributed by atoms with Crippen LogP contribution in [0, 0.1) is 13.8 Å². The van der Waals surface area contributed by atoms with Gasteiger partial charge < -0.3 is 14.2 Å². The molecule has 0 radical (unpaired) electrons. The first-order valence-electron chi connectivity index (χ1n) is 8.42. The molecule has 1 aromatic heterocycles. The number of likely N-dealkylation sites (tertiary alicyclic amines) is 1. The highest BCUT2D eigenvalue weighted by Crippen LogP contribution is 2.27. The van der Waals surface area contributed by atoms with Gasteiger partial charge in [-0.15, -0.1) is 0 Å². The second-order valence-corrected chi connectivity index (χ2v) is 6.37. The fourth-order valence-electron chi connectivity index (χ4n) is 3.58. The second kappa shape index (κ2) is 7.18. The van der Waals surface area contributed by atoms with Gasteiger partial charge in [0.25, 0.3) is 5.91 Å². The molecule has 0 N–H and O–H groups in total. The first kappa shape index (κ1) is 16.7. The summed E-state index contributed by atoms with van der Waals surface area (Å²) in [5.41, 5.74) is 2.45. The van der Waals surface area contributed by atoms with Gasteiger partial charge in [0, 0.05) is 13.7 Å². The minimum atomic E-state index is -0.00562. The highest BCUT2D eigenvalue weighted by molar-refractivity contribution is 5.96. The maximum Gasteiger partial charge on any atom is 0.259 e. The molecular weight excluding hydrogens is 304 g/mol. The predicted molar refractivity (Wildman–Crippen MR) is 91.0 cm³/mol. The monoisotopic (exact) mass is 328 g/mol. The number of aromatic nitrogens is 1. The van der Waals surface area contributed by atoms with E-state index in [0.29, 0.717) is 17.0 Å². The number of carbonyl (C=O) groups is 1. The third kappa shape index (κ3) is 3.22. The zero-order valence-corrected chi connectivity index (χ0v) is 14.5. The van der Waals surface area contributed by atoms with Crippen molar-refractivity contribution in [2.45, 2.75) is 45.3 Å². The van der Waals surface area contributed by atoms with Crippen LogP contribution < -0.4 is 0 Å². The smallest absolute Gasteiger partial charge is 0.259 e. The molecule has 0 saturated carbocycles. The lowest BCUT2D eigenvalue weighted by molar-refractivity contribution is -0.0118. The predicted octanol–water partition coefficient (Wildman–Crippen LogP) is 3.15. The van der Waals surface area contributed by atoms with Crippen molar-refractivity contribution >= 4 is 5.91 Å². The molecule has 5 heteroatoms. The highest BCUT2D eigenvalue weighted by atomic mass is 16.5. The molecule has 2 aromatic rings. The molecule has 2 atom stereocenters. The van der Waals surface area contributed by atoms with Crippen molar-refractivity contribution < 1.29 is 14.1 Å². The molecule has 0 aliphatic carbocycles. The van der Waals surface area contributed by atoms with E-state index in [9.17, 15) is 4.79 Å². The molecule has 1 fully saturated rings. The van der Waals surface area contributed by atoms with E-state index in [1.165, 1.54) is 5.56 Å². The first-order chi connectivity index (χ1) is 11.6. The van der Waals surface area contributed by atoms with E-state index in [1.54, 1.807) is 14.0 Å². The molecule has 0 bridgehead atoms. The number of amides is 1. The molecule has 2 heterocycles. The van der Waals surface area contributed by atoms with Crippen molar-refractivity contribution in [3.05, 3.63) is 52.9 Å². The molecule has 1 aliphatic heterocycles. The summed E-state index contributed by atoms with van der Waals surface area (Å²) in [6.07, 6.45) is 2.75. The molecule has 3 rings (SSSR count). The first-order valence-corrected chi connectivity index (χ1v) is 8.42. The van der Waals surface area contributed by atoms with Crippen molar-refractivity contribution in [1.29, 1.82) is 0 Å². The van der Waals surface area contributed by atoms with E-state index in [2.05, 4.69) is 17.3 Å². The number of benzene rings is 1. The lowest BCUT2D eigenvalue weighted by atomic mass is 9.92. The Morgan fingerprint density at radius 2 is 2.08 bits per heavy atom. The van der Waals surface area contributed by atoms with Crippen molar-refractivity contribution in [1.82, 2.24) is 10.1 Å². The van der Waals surface area contributed by atoms with Gasteiger partial charge in [-0.3, -0.25) is 4.79 Å². The van der Waals surface area contributed by atoms with E-state index < -0.39 is 0 Å². The van der Waals surface area contributed by atoms with Gasteiger partial charge in [0.2, 0.25) is 0 Å². The molecule has 0 unspecified atom stereocenters. The van der Waals surface area contributed by atoms with Crippen molar-refractivity contribution in [3.63, 3.8) is 0 Å². The molecule has 0 spiro atoms. The van der Waals surface area contributed by atoms with Crippen LogP contribution in [0.15, 0.2) is 34.9 Å². The Kier molecular flexibility index (Phi) is 5.00. The van der Waals surface area contributed by atoms with E-state index in [1.807, 2.05) is 30.0 Å². The minimum Gasteiger partial charge on any atom is -0.379 e. The summed E-state index contributed by atoms with van der Waals surface area (Å²) < 4.78 is 10.9. The van der Waals surface area contributed by atoms with Gasteiger partial charge in [0.05, 0.1) is 17.8 Å². The van der Waals surface area contributed by atoms with Crippen LogP contribution in [-0.2, 0) is 11.2 Å². The zero-order chi connectivity index (χ0) is 17.1. The number of methoxy groups -OCH3 is 1. The molecular formula is C19H24N2O3. The van der Waals surface area contributed by atoms with Crippen LogP contribution in [0.25, 0.3) is 0 Å². The van der Waals surface area contributed by atoms with Crippen LogP contribution in [0.3, 0.4) is 0 Å². The van der Waals surface area contributed by atoms with Gasteiger partial charge in [-0.2, -0.15) is 0 Å². The summed E-state index contributed by atoms with van der Waals surface area (Å²) in [6.45, 7) is 4.34. The van der Waals surface area contributed by atoms with Gasteiger partial charge >= 0.3 is 0 Å². The van der Waals surface area contributed by atoms with Gasteiger partial charge in [-0.25, -0.2) is 0 Å². The van der Waals surface area contributed by atoms with Gasteiger partial charge in [0.15, 0.2) is 0 Å². The standard InChI is InChI=1S/C19H24N2O3/c1-13-18(14(2)24-20-13)19(22)21-11-7-10-17(23-3)16(21)12-15-8-5-4-6-9-15/h4-6,8-9,16-17H,7,10-12H2,1-3H3/t16-,17-/m0/s1. The summed E-state index contributed by atoms with van der Waals surface area (Å²) in [4.78, 5) is 15.1. The van der Waals surface area contributed by atoms with E-state index in [0.717, 1.165) is 25.8 Å². The van der Waals surface area contributed by atoms with Gasteiger partial charge in [-0.1, -0.05) is 35.5 Å². The quantitative estimate of drug-likeness (QED) is 0.865. The Bertz CT molecular complexity index is 676. The summed E-state index contributed by atoms with van der Waals surface area (Å²) in [5, 5.41) is 3.93. The summed E-state index contributed by atoms with van der Waals surface area (Å²) in [5.74, 6) is 0.574. The fraction of sp³-hybridized carbons (Fsp3) is 0.474. The van der Waals surface area contributed by atoms with Crippen LogP contribution in [0.4, 0.5) is 0 Å². The highest BCUT2D eigenvalue weighted by Gasteiger charge is 2.36. The normalized spacial score (nSPS) is 21.0. The maximum absolute atomic E-state index is 13.1. The van der Waals surface area contributed by atoms with Crippen LogP contribution in [0.5, 0.6) is 0 Å². The third-order valence-electron chi connectivity index (χ3n) is 4.82. The lowest BCUT2D eigenvalue weighted by Crippen LogP contribution is -2.52. The Labute approximate surface area is 142 Å². The molecule has 1 amide bonds. The number of nitrogens with zero attached hydrogens (tertiary/aromatic N) is 2. The molecule has 1 aliphatic rings. The van der Waals surface area contributed by atoms with Crippen molar-refractivity contribution in [2.75, 3.05) is 13.7 Å². The van der Waals surface area contributed by atoms with Crippen LogP contribution in [0.1, 0.15) is 40.2 Å². The summed E-state index contributed by atoms with van der Waals surface area (Å²) in [6, 6.07) is 10.3. The molecule has 24 heavy (non-hydrogen) atoms. The second-order valence-electron chi connectivity index (χ2n) is 6.37. The third-order valence-corrected chi connectivity index (χ3v) is 4.82. The summed E-state index contributed by atoms with van der Waals surface area (Å²) in [7, 11) is 1.73. The number of carbonyl (C=O) groups excluding carboxylic acids is 1. The summed E-state index contributed by atoms with van der Waals surface area (Å²) >= 11 is 0. The molecule has 1 saturated heterocycles. The number of aryl methyl sites for hydroxylation is 2. The maximum atomic E-state index is 13.1. The average molecular weight is 328 g/mol. The molecule has 5 nitrogen and oxygen atoms in total. The van der Waals surface area contributed by atoms with Crippen molar-refractivity contribution in [2.24, 2.45) is 0 Å². The Hall–Kier alpha value is -2.14. The number of hydrogen-bond acceptors (Lipinski definition) is 4. The van der Waals surface area contributed by atoms with Crippen LogP contribution in [0.2, 0.25) is 0 Å². The Morgan fingerprint density at radius 1 is 1.33 bits per heavy atom.